The molecule has 35 heavy (non-hydrogen) atoms. The Morgan fingerprint density at radius 3 is 2.77 bits per heavy atom. The third-order valence-electron chi connectivity index (χ3n) is 5.86. The van der Waals surface area contributed by atoms with Crippen molar-refractivity contribution < 1.29 is 23.1 Å². The molecule has 4 rings (SSSR count). The minimum Gasteiger partial charge on any atom is -0.387 e. The largest absolute Gasteiger partial charge is 0.387 e. The maximum atomic E-state index is 14.1. The van der Waals surface area contributed by atoms with Gasteiger partial charge in [0.15, 0.2) is 11.5 Å². The number of amides is 1. The molecule has 9 nitrogen and oxygen atoms in total. The van der Waals surface area contributed by atoms with E-state index in [1.54, 1.807) is 6.07 Å². The molecule has 0 saturated heterocycles. The molecule has 2 unspecified atom stereocenters. The molecule has 1 amide bonds. The number of nitrogens with one attached hydrogen (secondary N) is 2. The van der Waals surface area contributed by atoms with E-state index in [0.29, 0.717) is 16.6 Å². The quantitative estimate of drug-likeness (QED) is 0.467. The molecule has 1 fully saturated rings. The van der Waals surface area contributed by atoms with E-state index < -0.39 is 36.2 Å². The summed E-state index contributed by atoms with van der Waals surface area (Å²) in [7, 11) is 0. The Kier molecular flexibility index (Phi) is 6.38. The summed E-state index contributed by atoms with van der Waals surface area (Å²) >= 11 is 0. The molecule has 0 aromatic carbocycles. The van der Waals surface area contributed by atoms with Crippen molar-refractivity contribution >= 4 is 22.6 Å². The maximum Gasteiger partial charge on any atom is 0.255 e. The molecule has 1 aliphatic carbocycles. The monoisotopic (exact) mass is 487 g/mol. The standard InChI is InChI=1S/C23H24F3N7O2/c1-22(2,35)18(24)12-30-21(34)16-11-28-19(6-17(16)32-15-3-4-23(25,26)7-15)33-20-14(10-31-33)5-13(8-27)9-29-20/h5-6,9-11,15,18,35H,3-4,7,12H2,1-2H3,(H,28,32)(H,30,34). The second-order valence-corrected chi connectivity index (χ2v) is 9.16. The fourth-order valence-electron chi connectivity index (χ4n) is 3.83. The number of alkyl halides is 3. The van der Waals surface area contributed by atoms with Crippen molar-refractivity contribution in [2.45, 2.75) is 56.8 Å². The highest BCUT2D eigenvalue weighted by Crippen LogP contribution is 2.37. The van der Waals surface area contributed by atoms with Crippen molar-refractivity contribution in [3.63, 3.8) is 0 Å². The number of pyridine rings is 2. The van der Waals surface area contributed by atoms with E-state index in [1.165, 1.54) is 43.2 Å². The molecule has 12 heteroatoms. The number of fused-ring (bicyclic) bond motifs is 1. The van der Waals surface area contributed by atoms with Gasteiger partial charge in [0.25, 0.3) is 5.91 Å². The minimum absolute atomic E-state index is 0.0306. The maximum absolute atomic E-state index is 14.1. The number of aromatic nitrogens is 4. The fraction of sp³-hybridized carbons (Fsp3) is 0.435. The molecule has 0 spiro atoms. The van der Waals surface area contributed by atoms with Gasteiger partial charge in [-0.15, -0.1) is 0 Å². The van der Waals surface area contributed by atoms with Crippen LogP contribution in [0.15, 0.2) is 30.7 Å². The lowest BCUT2D eigenvalue weighted by atomic mass is 10.0. The van der Waals surface area contributed by atoms with Crippen LogP contribution in [-0.4, -0.2) is 61.0 Å². The molecule has 3 aromatic heterocycles. The molecular weight excluding hydrogens is 463 g/mol. The van der Waals surface area contributed by atoms with Crippen LogP contribution < -0.4 is 10.6 Å². The van der Waals surface area contributed by atoms with Gasteiger partial charge in [-0.2, -0.15) is 15.0 Å². The highest BCUT2D eigenvalue weighted by Gasteiger charge is 2.39. The first-order valence-electron chi connectivity index (χ1n) is 11.0. The molecular formula is C23H24F3N7O2. The number of carbonyl (C=O) groups is 1. The van der Waals surface area contributed by atoms with Gasteiger partial charge in [0.1, 0.15) is 12.2 Å². The van der Waals surface area contributed by atoms with Gasteiger partial charge < -0.3 is 15.7 Å². The first-order valence-corrected chi connectivity index (χ1v) is 11.0. The summed E-state index contributed by atoms with van der Waals surface area (Å²) in [6, 6.07) is 4.52. The van der Waals surface area contributed by atoms with Gasteiger partial charge in [0, 0.05) is 42.7 Å². The van der Waals surface area contributed by atoms with E-state index in [0.717, 1.165) is 0 Å². The van der Waals surface area contributed by atoms with E-state index in [9.17, 15) is 23.1 Å². The zero-order valence-corrected chi connectivity index (χ0v) is 19.1. The summed E-state index contributed by atoms with van der Waals surface area (Å²) in [5.74, 6) is -3.21. The van der Waals surface area contributed by atoms with Crippen LogP contribution in [0.3, 0.4) is 0 Å². The van der Waals surface area contributed by atoms with Crippen LogP contribution in [0.2, 0.25) is 0 Å². The van der Waals surface area contributed by atoms with Crippen molar-refractivity contribution in [2.24, 2.45) is 0 Å². The molecule has 3 aromatic rings. The second kappa shape index (κ2) is 9.14. The number of aliphatic hydroxyl groups is 1. The molecule has 0 bridgehead atoms. The van der Waals surface area contributed by atoms with Crippen LogP contribution in [0.4, 0.5) is 18.9 Å². The van der Waals surface area contributed by atoms with E-state index in [2.05, 4.69) is 25.7 Å². The minimum atomic E-state index is -2.80. The molecule has 184 valence electrons. The lowest BCUT2D eigenvalue weighted by Gasteiger charge is -2.23. The lowest BCUT2D eigenvalue weighted by Crippen LogP contribution is -2.42. The number of rotatable bonds is 7. The van der Waals surface area contributed by atoms with Crippen LogP contribution in [0.25, 0.3) is 16.9 Å². The molecule has 3 heterocycles. The third-order valence-corrected chi connectivity index (χ3v) is 5.86. The Morgan fingerprint density at radius 1 is 1.34 bits per heavy atom. The zero-order chi connectivity index (χ0) is 25.4. The Balaban J connectivity index is 1.66. The summed E-state index contributed by atoms with van der Waals surface area (Å²) in [6.45, 7) is 2.13. The first-order chi connectivity index (χ1) is 16.5. The smallest absolute Gasteiger partial charge is 0.255 e. The Morgan fingerprint density at radius 2 is 2.11 bits per heavy atom. The summed E-state index contributed by atoms with van der Waals surface area (Å²) < 4.78 is 43.1. The summed E-state index contributed by atoms with van der Waals surface area (Å²) in [4.78, 5) is 21.3. The number of nitriles is 1. The Labute approximate surface area is 199 Å². The predicted octanol–water partition coefficient (Wildman–Crippen LogP) is 3.13. The number of hydrogen-bond acceptors (Lipinski definition) is 7. The molecule has 1 aliphatic rings. The number of nitrogens with zero attached hydrogens (tertiary/aromatic N) is 5. The average Bonchev–Trinajstić information content (AvgIpc) is 3.38. The van der Waals surface area contributed by atoms with Crippen LogP contribution in [0, 0.1) is 11.3 Å². The van der Waals surface area contributed by atoms with Gasteiger partial charge in [-0.1, -0.05) is 0 Å². The second-order valence-electron chi connectivity index (χ2n) is 9.16. The number of anilines is 1. The van der Waals surface area contributed by atoms with Gasteiger partial charge in [0.2, 0.25) is 5.92 Å². The normalized spacial score (nSPS) is 18.3. The van der Waals surface area contributed by atoms with Crippen molar-refractivity contribution in [1.82, 2.24) is 25.1 Å². The lowest BCUT2D eigenvalue weighted by molar-refractivity contribution is -0.00179. The van der Waals surface area contributed by atoms with Gasteiger partial charge in [-0.25, -0.2) is 23.1 Å². The molecule has 0 aliphatic heterocycles. The van der Waals surface area contributed by atoms with Crippen molar-refractivity contribution in [1.29, 1.82) is 5.26 Å². The van der Waals surface area contributed by atoms with Crippen LogP contribution >= 0.6 is 0 Å². The number of carbonyl (C=O) groups excluding carboxylic acids is 1. The third kappa shape index (κ3) is 5.35. The summed E-state index contributed by atoms with van der Waals surface area (Å²) in [5, 5.41) is 29.1. The average molecular weight is 487 g/mol. The predicted molar refractivity (Wildman–Crippen MR) is 121 cm³/mol. The van der Waals surface area contributed by atoms with Gasteiger partial charge in [-0.05, 0) is 26.3 Å². The van der Waals surface area contributed by atoms with Crippen LogP contribution in [0.5, 0.6) is 0 Å². The topological polar surface area (TPSA) is 129 Å². The summed E-state index contributed by atoms with van der Waals surface area (Å²) in [5.41, 5.74) is -0.614. The van der Waals surface area contributed by atoms with E-state index in [1.807, 2.05) is 6.07 Å². The van der Waals surface area contributed by atoms with Crippen LogP contribution in [-0.2, 0) is 0 Å². The Bertz CT molecular complexity index is 1300. The fourth-order valence-corrected chi connectivity index (χ4v) is 3.83. The highest BCUT2D eigenvalue weighted by molar-refractivity contribution is 5.99. The van der Waals surface area contributed by atoms with Gasteiger partial charge >= 0.3 is 0 Å². The molecule has 3 N–H and O–H groups in total. The van der Waals surface area contributed by atoms with E-state index in [4.69, 9.17) is 5.26 Å². The van der Waals surface area contributed by atoms with Crippen molar-refractivity contribution in [3.8, 4) is 11.9 Å². The first kappa shape index (κ1) is 24.4. The Hall–Kier alpha value is -3.72. The van der Waals surface area contributed by atoms with Crippen molar-refractivity contribution in [2.75, 3.05) is 11.9 Å². The molecule has 1 saturated carbocycles. The summed E-state index contributed by atoms with van der Waals surface area (Å²) in [6.07, 6.45) is 1.97. The van der Waals surface area contributed by atoms with Gasteiger partial charge in [0.05, 0.1) is 35.2 Å². The van der Waals surface area contributed by atoms with Crippen LogP contribution in [0.1, 0.15) is 49.0 Å². The number of halogens is 3. The zero-order valence-electron chi connectivity index (χ0n) is 19.1. The SMILES string of the molecule is CC(C)(O)C(F)CNC(=O)c1cnc(-n2ncc3cc(C#N)cnc32)cc1NC1CCC(F)(F)C1. The molecule has 0 radical (unpaired) electrons. The van der Waals surface area contributed by atoms with E-state index in [-0.39, 0.29) is 36.3 Å². The van der Waals surface area contributed by atoms with Crippen molar-refractivity contribution in [3.05, 3.63) is 41.9 Å². The van der Waals surface area contributed by atoms with Gasteiger partial charge in [-0.3, -0.25) is 4.79 Å². The highest BCUT2D eigenvalue weighted by atomic mass is 19.3. The number of hydrogen-bond donors (Lipinski definition) is 3. The van der Waals surface area contributed by atoms with E-state index >= 15 is 0 Å². The molecule has 2 atom stereocenters.